The lowest BCUT2D eigenvalue weighted by atomic mass is 9.96. The van der Waals surface area contributed by atoms with Gasteiger partial charge in [-0.15, -0.1) is 0 Å². The Morgan fingerprint density at radius 1 is 0.854 bits per heavy atom. The molecule has 0 aliphatic carbocycles. The summed E-state index contributed by atoms with van der Waals surface area (Å²) in [4.78, 5) is 15.4. The molecule has 1 aliphatic heterocycles. The second-order valence-electron chi connectivity index (χ2n) is 11.7. The van der Waals surface area contributed by atoms with Crippen LogP contribution >= 0.6 is 28.1 Å². The van der Waals surface area contributed by atoms with Crippen molar-refractivity contribution in [3.05, 3.63) is 124 Å². The SMILES string of the molecule is CCCCCCOc1ccc(C(=O)NC(=S)Nc2ccc(S(=O)(=O)N3CCN(C(c4ccccc4)c4ccccc4)CC3)cc2)cc1Br. The van der Waals surface area contributed by atoms with Crippen LogP contribution in [0.25, 0.3) is 0 Å². The van der Waals surface area contributed by atoms with Crippen LogP contribution in [0.2, 0.25) is 0 Å². The highest BCUT2D eigenvalue weighted by atomic mass is 79.9. The van der Waals surface area contributed by atoms with Crippen LogP contribution in [-0.2, 0) is 10.0 Å². The summed E-state index contributed by atoms with van der Waals surface area (Å²) < 4.78 is 35.2. The molecule has 11 heteroatoms. The number of carbonyl (C=O) groups excluding carboxylic acids is 1. The normalized spacial score (nSPS) is 14.1. The van der Waals surface area contributed by atoms with E-state index >= 15 is 0 Å². The van der Waals surface area contributed by atoms with Crippen molar-refractivity contribution in [2.45, 2.75) is 43.5 Å². The fourth-order valence-corrected chi connectivity index (χ4v) is 7.88. The number of ether oxygens (including phenoxy) is 1. The van der Waals surface area contributed by atoms with Gasteiger partial charge in [0, 0.05) is 37.4 Å². The fraction of sp³-hybridized carbons (Fsp3) is 0.297. The molecule has 0 saturated carbocycles. The van der Waals surface area contributed by atoms with E-state index in [2.05, 4.69) is 62.7 Å². The number of halogens is 1. The van der Waals surface area contributed by atoms with Crippen molar-refractivity contribution in [2.24, 2.45) is 0 Å². The minimum absolute atomic E-state index is 0.0481. The van der Waals surface area contributed by atoms with Crippen LogP contribution in [-0.4, -0.2) is 61.4 Å². The lowest BCUT2D eigenvalue weighted by Crippen LogP contribution is -2.49. The number of hydrogen-bond acceptors (Lipinski definition) is 6. The standard InChI is InChI=1S/C37H41BrN4O4S2/c1-2-3-4-11-26-46-34-21-16-30(27-33(34)38)36(43)40-37(47)39-31-17-19-32(20-18-31)48(44,45)42-24-22-41(23-25-42)35(28-12-7-5-8-13-28)29-14-9-6-10-15-29/h5-10,12-21,27,35H,2-4,11,22-26H2,1H3,(H2,39,40,43,47). The van der Waals surface area contributed by atoms with E-state index in [1.165, 1.54) is 24.0 Å². The van der Waals surface area contributed by atoms with E-state index in [9.17, 15) is 13.2 Å². The number of unbranched alkanes of at least 4 members (excludes halogenated alkanes) is 3. The van der Waals surface area contributed by atoms with Gasteiger partial charge in [-0.05, 0) is 88.2 Å². The van der Waals surface area contributed by atoms with Gasteiger partial charge >= 0.3 is 0 Å². The van der Waals surface area contributed by atoms with Gasteiger partial charge in [-0.2, -0.15) is 4.31 Å². The Morgan fingerprint density at radius 3 is 2.06 bits per heavy atom. The molecule has 1 amide bonds. The Kier molecular flexibility index (Phi) is 12.8. The molecule has 0 atom stereocenters. The van der Waals surface area contributed by atoms with E-state index in [0.717, 1.165) is 12.8 Å². The molecule has 0 spiro atoms. The van der Waals surface area contributed by atoms with E-state index in [1.54, 1.807) is 46.8 Å². The molecule has 8 nitrogen and oxygen atoms in total. The Balaban J connectivity index is 1.14. The zero-order valence-corrected chi connectivity index (χ0v) is 30.2. The molecule has 0 unspecified atom stereocenters. The lowest BCUT2D eigenvalue weighted by Gasteiger charge is -2.39. The number of benzene rings is 4. The largest absolute Gasteiger partial charge is 0.492 e. The highest BCUT2D eigenvalue weighted by Crippen LogP contribution is 2.31. The Hall–Kier alpha value is -3.61. The van der Waals surface area contributed by atoms with Crippen LogP contribution in [0.15, 0.2) is 112 Å². The van der Waals surface area contributed by atoms with Crippen LogP contribution < -0.4 is 15.4 Å². The van der Waals surface area contributed by atoms with Crippen LogP contribution in [0.1, 0.15) is 60.1 Å². The zero-order chi connectivity index (χ0) is 33.9. The van der Waals surface area contributed by atoms with Gasteiger partial charge in [-0.3, -0.25) is 15.0 Å². The van der Waals surface area contributed by atoms with E-state index in [0.29, 0.717) is 54.3 Å². The smallest absolute Gasteiger partial charge is 0.257 e. The predicted molar refractivity (Wildman–Crippen MR) is 199 cm³/mol. The summed E-state index contributed by atoms with van der Waals surface area (Å²) in [7, 11) is -3.70. The summed E-state index contributed by atoms with van der Waals surface area (Å²) in [5.41, 5.74) is 3.34. The third kappa shape index (κ3) is 9.29. The van der Waals surface area contributed by atoms with Crippen LogP contribution in [0, 0.1) is 0 Å². The molecule has 1 aliphatic rings. The maximum Gasteiger partial charge on any atom is 0.257 e. The second kappa shape index (κ2) is 17.2. The van der Waals surface area contributed by atoms with Gasteiger partial charge < -0.3 is 10.1 Å². The van der Waals surface area contributed by atoms with Crippen molar-refractivity contribution in [2.75, 3.05) is 38.1 Å². The summed E-state index contributed by atoms with van der Waals surface area (Å²) in [6.45, 7) is 4.77. The van der Waals surface area contributed by atoms with Crippen molar-refractivity contribution in [3.63, 3.8) is 0 Å². The van der Waals surface area contributed by atoms with Gasteiger partial charge in [0.05, 0.1) is 22.0 Å². The monoisotopic (exact) mass is 748 g/mol. The first kappa shape index (κ1) is 35.7. The topological polar surface area (TPSA) is 91.0 Å². The van der Waals surface area contributed by atoms with Crippen molar-refractivity contribution < 1.29 is 17.9 Å². The van der Waals surface area contributed by atoms with Gasteiger partial charge in [0.1, 0.15) is 5.75 Å². The molecule has 0 bridgehead atoms. The first-order valence-corrected chi connectivity index (χ1v) is 18.9. The highest BCUT2D eigenvalue weighted by Gasteiger charge is 2.32. The molecule has 2 N–H and O–H groups in total. The van der Waals surface area contributed by atoms with E-state index < -0.39 is 10.0 Å². The molecular formula is C37H41BrN4O4S2. The number of hydrogen-bond donors (Lipinski definition) is 2. The Bertz CT molecular complexity index is 1730. The first-order chi connectivity index (χ1) is 23.3. The van der Waals surface area contributed by atoms with Crippen molar-refractivity contribution in [1.82, 2.24) is 14.5 Å². The summed E-state index contributed by atoms with van der Waals surface area (Å²) in [6.07, 6.45) is 4.46. The number of thiocarbonyl (C=S) groups is 1. The minimum atomic E-state index is -3.70. The quantitative estimate of drug-likeness (QED) is 0.107. The number of anilines is 1. The van der Waals surface area contributed by atoms with Crippen molar-refractivity contribution in [1.29, 1.82) is 0 Å². The maximum absolute atomic E-state index is 13.6. The highest BCUT2D eigenvalue weighted by molar-refractivity contribution is 9.10. The molecule has 4 aromatic rings. The molecule has 5 rings (SSSR count). The summed E-state index contributed by atoms with van der Waals surface area (Å²) in [5, 5.41) is 5.75. The van der Waals surface area contributed by atoms with Gasteiger partial charge in [0.15, 0.2) is 5.11 Å². The molecular weight excluding hydrogens is 708 g/mol. The molecule has 0 radical (unpaired) electrons. The van der Waals surface area contributed by atoms with E-state index in [4.69, 9.17) is 17.0 Å². The number of piperazine rings is 1. The van der Waals surface area contributed by atoms with Gasteiger partial charge in [-0.1, -0.05) is 86.8 Å². The number of carbonyl (C=O) groups is 1. The van der Waals surface area contributed by atoms with Crippen LogP contribution in [0.5, 0.6) is 5.75 Å². The molecule has 1 heterocycles. The van der Waals surface area contributed by atoms with Gasteiger partial charge in [-0.25, -0.2) is 8.42 Å². The second-order valence-corrected chi connectivity index (χ2v) is 14.9. The number of nitrogens with one attached hydrogen (secondary N) is 2. The minimum Gasteiger partial charge on any atom is -0.492 e. The van der Waals surface area contributed by atoms with E-state index in [-0.39, 0.29) is 22.0 Å². The molecule has 252 valence electrons. The van der Waals surface area contributed by atoms with Gasteiger partial charge in [0.2, 0.25) is 10.0 Å². The average molecular weight is 750 g/mol. The average Bonchev–Trinajstić information content (AvgIpc) is 3.10. The summed E-state index contributed by atoms with van der Waals surface area (Å²) in [5.74, 6) is 0.312. The third-order valence-corrected chi connectivity index (χ3v) is 11.0. The first-order valence-electron chi connectivity index (χ1n) is 16.2. The fourth-order valence-electron chi connectivity index (χ4n) is 5.75. The predicted octanol–water partition coefficient (Wildman–Crippen LogP) is 7.63. The number of amides is 1. The van der Waals surface area contributed by atoms with Crippen LogP contribution in [0.3, 0.4) is 0 Å². The number of nitrogens with zero attached hydrogens (tertiary/aromatic N) is 2. The summed E-state index contributed by atoms with van der Waals surface area (Å²) in [6, 6.07) is 32.2. The van der Waals surface area contributed by atoms with Crippen LogP contribution in [0.4, 0.5) is 5.69 Å². The Morgan fingerprint density at radius 2 is 1.48 bits per heavy atom. The van der Waals surface area contributed by atoms with Gasteiger partial charge in [0.25, 0.3) is 5.91 Å². The number of rotatable bonds is 13. The maximum atomic E-state index is 13.6. The summed E-state index contributed by atoms with van der Waals surface area (Å²) >= 11 is 8.85. The molecule has 4 aromatic carbocycles. The number of sulfonamides is 1. The molecule has 1 fully saturated rings. The van der Waals surface area contributed by atoms with Crippen molar-refractivity contribution >= 4 is 54.9 Å². The zero-order valence-electron chi connectivity index (χ0n) is 27.0. The molecule has 48 heavy (non-hydrogen) atoms. The third-order valence-electron chi connectivity index (χ3n) is 8.30. The molecule has 0 aromatic heterocycles. The van der Waals surface area contributed by atoms with E-state index in [1.807, 2.05) is 36.4 Å². The Labute approximate surface area is 297 Å². The lowest BCUT2D eigenvalue weighted by molar-refractivity contribution is 0.0977. The molecule has 1 saturated heterocycles. The van der Waals surface area contributed by atoms with Crippen molar-refractivity contribution in [3.8, 4) is 5.75 Å².